The van der Waals surface area contributed by atoms with Crippen molar-refractivity contribution < 1.29 is 0 Å². The van der Waals surface area contributed by atoms with E-state index in [0.29, 0.717) is 0 Å². The van der Waals surface area contributed by atoms with E-state index in [0.717, 1.165) is 12.5 Å². The second-order valence-electron chi connectivity index (χ2n) is 6.07. The van der Waals surface area contributed by atoms with Crippen molar-refractivity contribution in [1.29, 1.82) is 0 Å². The molecule has 1 heterocycles. The van der Waals surface area contributed by atoms with Crippen molar-refractivity contribution in [2.45, 2.75) is 19.4 Å². The van der Waals surface area contributed by atoms with Gasteiger partial charge in [-0.2, -0.15) is 0 Å². The first-order valence-corrected chi connectivity index (χ1v) is 7.68. The van der Waals surface area contributed by atoms with Gasteiger partial charge in [0.25, 0.3) is 0 Å². The lowest BCUT2D eigenvalue weighted by atomic mass is 10.0. The molecule has 2 nitrogen and oxygen atoms in total. The van der Waals surface area contributed by atoms with Gasteiger partial charge in [-0.05, 0) is 67.8 Å². The van der Waals surface area contributed by atoms with E-state index in [9.17, 15) is 0 Å². The first kappa shape index (κ1) is 13.6. The lowest BCUT2D eigenvalue weighted by molar-refractivity contribution is 0.298. The Morgan fingerprint density at radius 2 is 2.00 bits per heavy atom. The minimum atomic E-state index is 0.883. The van der Waals surface area contributed by atoms with Gasteiger partial charge in [-0.1, -0.05) is 36.4 Å². The lowest BCUT2D eigenvalue weighted by Gasteiger charge is -2.19. The molecule has 1 atom stereocenters. The molecule has 0 amide bonds. The molecule has 1 unspecified atom stereocenters. The van der Waals surface area contributed by atoms with Crippen LogP contribution in [0.2, 0.25) is 0 Å². The van der Waals surface area contributed by atoms with E-state index in [-0.39, 0.29) is 0 Å². The van der Waals surface area contributed by atoms with Crippen LogP contribution in [-0.4, -0.2) is 31.6 Å². The Morgan fingerprint density at radius 3 is 2.80 bits per heavy atom. The minimum absolute atomic E-state index is 0.883. The average Bonchev–Trinajstić information content (AvgIpc) is 2.98. The first-order valence-electron chi connectivity index (χ1n) is 7.68. The van der Waals surface area contributed by atoms with Crippen molar-refractivity contribution in [2.75, 3.05) is 26.7 Å². The Bertz CT molecular complexity index is 558. The summed E-state index contributed by atoms with van der Waals surface area (Å²) < 4.78 is 0. The van der Waals surface area contributed by atoms with E-state index < -0.39 is 0 Å². The SMILES string of the molecule is CN(CCC1CCNC1)Cc1ccc2ccccc2c1. The van der Waals surface area contributed by atoms with E-state index >= 15 is 0 Å². The average molecular weight is 268 g/mol. The van der Waals surface area contributed by atoms with Crippen molar-refractivity contribution in [1.82, 2.24) is 10.2 Å². The third-order valence-electron chi connectivity index (χ3n) is 4.35. The van der Waals surface area contributed by atoms with Crippen LogP contribution in [0.5, 0.6) is 0 Å². The Labute approximate surface area is 121 Å². The van der Waals surface area contributed by atoms with Crippen LogP contribution in [0.3, 0.4) is 0 Å². The summed E-state index contributed by atoms with van der Waals surface area (Å²) in [5.41, 5.74) is 1.41. The summed E-state index contributed by atoms with van der Waals surface area (Å²) in [6.45, 7) is 4.66. The highest BCUT2D eigenvalue weighted by Gasteiger charge is 2.14. The van der Waals surface area contributed by atoms with Crippen LogP contribution in [0.15, 0.2) is 42.5 Å². The Hall–Kier alpha value is -1.38. The van der Waals surface area contributed by atoms with Crippen LogP contribution >= 0.6 is 0 Å². The van der Waals surface area contributed by atoms with Gasteiger partial charge in [-0.15, -0.1) is 0 Å². The van der Waals surface area contributed by atoms with Crippen LogP contribution in [0.4, 0.5) is 0 Å². The molecule has 1 saturated heterocycles. The molecular formula is C18H24N2. The third kappa shape index (κ3) is 3.38. The van der Waals surface area contributed by atoms with Gasteiger partial charge in [0.2, 0.25) is 0 Å². The number of hydrogen-bond donors (Lipinski definition) is 1. The molecule has 0 bridgehead atoms. The molecule has 3 rings (SSSR count). The quantitative estimate of drug-likeness (QED) is 0.895. The molecule has 20 heavy (non-hydrogen) atoms. The van der Waals surface area contributed by atoms with Gasteiger partial charge >= 0.3 is 0 Å². The zero-order valence-electron chi connectivity index (χ0n) is 12.3. The molecule has 2 aromatic rings. The highest BCUT2D eigenvalue weighted by molar-refractivity contribution is 5.82. The molecule has 0 radical (unpaired) electrons. The van der Waals surface area contributed by atoms with E-state index in [1.165, 1.54) is 48.8 Å². The molecule has 1 fully saturated rings. The fourth-order valence-electron chi connectivity index (χ4n) is 3.09. The fourth-order valence-corrected chi connectivity index (χ4v) is 3.09. The molecule has 2 aromatic carbocycles. The van der Waals surface area contributed by atoms with Gasteiger partial charge in [0.15, 0.2) is 0 Å². The molecule has 2 heteroatoms. The smallest absolute Gasteiger partial charge is 0.0230 e. The van der Waals surface area contributed by atoms with E-state index in [2.05, 4.69) is 59.7 Å². The topological polar surface area (TPSA) is 15.3 Å². The standard InChI is InChI=1S/C18H24N2/c1-20(11-9-15-8-10-19-13-15)14-16-6-7-17-4-2-3-5-18(17)12-16/h2-7,12,15,19H,8-11,13-14H2,1H3. The van der Waals surface area contributed by atoms with Crippen molar-refractivity contribution in [3.05, 3.63) is 48.0 Å². The molecule has 1 aliphatic heterocycles. The summed E-state index contributed by atoms with van der Waals surface area (Å²) >= 11 is 0. The highest BCUT2D eigenvalue weighted by atomic mass is 15.1. The number of benzene rings is 2. The summed E-state index contributed by atoms with van der Waals surface area (Å²) in [5, 5.41) is 6.12. The molecule has 0 saturated carbocycles. The third-order valence-corrected chi connectivity index (χ3v) is 4.35. The fraction of sp³-hybridized carbons (Fsp3) is 0.444. The van der Waals surface area contributed by atoms with Gasteiger partial charge in [-0.3, -0.25) is 0 Å². The molecule has 0 spiro atoms. The maximum Gasteiger partial charge on any atom is 0.0230 e. The molecule has 0 aromatic heterocycles. The summed E-state index contributed by atoms with van der Waals surface area (Å²) in [6, 6.07) is 15.4. The van der Waals surface area contributed by atoms with Gasteiger partial charge in [0.05, 0.1) is 0 Å². The summed E-state index contributed by atoms with van der Waals surface area (Å²) in [6.07, 6.45) is 2.67. The largest absolute Gasteiger partial charge is 0.316 e. The minimum Gasteiger partial charge on any atom is -0.316 e. The predicted molar refractivity (Wildman–Crippen MR) is 85.9 cm³/mol. The number of nitrogens with one attached hydrogen (secondary N) is 1. The summed E-state index contributed by atoms with van der Waals surface area (Å²) in [5.74, 6) is 0.883. The van der Waals surface area contributed by atoms with E-state index in [4.69, 9.17) is 0 Å². The van der Waals surface area contributed by atoms with Crippen LogP contribution < -0.4 is 5.32 Å². The summed E-state index contributed by atoms with van der Waals surface area (Å²) in [7, 11) is 2.23. The van der Waals surface area contributed by atoms with Crippen molar-refractivity contribution in [3.8, 4) is 0 Å². The Balaban J connectivity index is 1.57. The second-order valence-corrected chi connectivity index (χ2v) is 6.07. The molecule has 1 N–H and O–H groups in total. The van der Waals surface area contributed by atoms with Crippen molar-refractivity contribution in [3.63, 3.8) is 0 Å². The lowest BCUT2D eigenvalue weighted by Crippen LogP contribution is -2.22. The number of nitrogens with zero attached hydrogens (tertiary/aromatic N) is 1. The highest BCUT2D eigenvalue weighted by Crippen LogP contribution is 2.17. The first-order chi connectivity index (χ1) is 9.81. The zero-order valence-corrected chi connectivity index (χ0v) is 12.3. The maximum atomic E-state index is 3.45. The normalized spacial score (nSPS) is 19.0. The number of rotatable bonds is 5. The van der Waals surface area contributed by atoms with Crippen molar-refractivity contribution >= 4 is 10.8 Å². The number of hydrogen-bond acceptors (Lipinski definition) is 2. The summed E-state index contributed by atoms with van der Waals surface area (Å²) in [4.78, 5) is 2.45. The molecule has 106 valence electrons. The monoisotopic (exact) mass is 268 g/mol. The van der Waals surface area contributed by atoms with E-state index in [1.54, 1.807) is 0 Å². The van der Waals surface area contributed by atoms with Crippen LogP contribution in [0, 0.1) is 5.92 Å². The Kier molecular flexibility index (Phi) is 4.34. The molecule has 1 aliphatic rings. The Morgan fingerprint density at radius 1 is 1.15 bits per heavy atom. The number of fused-ring (bicyclic) bond motifs is 1. The van der Waals surface area contributed by atoms with Gasteiger partial charge in [-0.25, -0.2) is 0 Å². The van der Waals surface area contributed by atoms with Crippen LogP contribution in [-0.2, 0) is 6.54 Å². The molecule has 0 aliphatic carbocycles. The van der Waals surface area contributed by atoms with Gasteiger partial charge in [0, 0.05) is 6.54 Å². The van der Waals surface area contributed by atoms with Crippen LogP contribution in [0.25, 0.3) is 10.8 Å². The molecular weight excluding hydrogens is 244 g/mol. The van der Waals surface area contributed by atoms with E-state index in [1.807, 2.05) is 0 Å². The predicted octanol–water partition coefficient (Wildman–Crippen LogP) is 3.27. The zero-order chi connectivity index (χ0) is 13.8. The maximum absolute atomic E-state index is 3.45. The van der Waals surface area contributed by atoms with Crippen molar-refractivity contribution in [2.24, 2.45) is 5.92 Å². The van der Waals surface area contributed by atoms with Gasteiger partial charge in [0.1, 0.15) is 0 Å². The van der Waals surface area contributed by atoms with Gasteiger partial charge < -0.3 is 10.2 Å². The second kappa shape index (κ2) is 6.38. The van der Waals surface area contributed by atoms with Crippen LogP contribution in [0.1, 0.15) is 18.4 Å².